The van der Waals surface area contributed by atoms with E-state index in [1.165, 1.54) is 0 Å². The summed E-state index contributed by atoms with van der Waals surface area (Å²) in [5, 5.41) is 3.64. The second-order valence-electron chi connectivity index (χ2n) is 6.26. The molecule has 1 fully saturated rings. The highest BCUT2D eigenvalue weighted by Gasteiger charge is 2.20. The van der Waals surface area contributed by atoms with E-state index >= 15 is 0 Å². The van der Waals surface area contributed by atoms with E-state index in [1.54, 1.807) is 6.07 Å². The minimum absolute atomic E-state index is 0.100. The second-order valence-corrected chi connectivity index (χ2v) is 6.69. The average Bonchev–Trinajstić information content (AvgIpc) is 3.00. The van der Waals surface area contributed by atoms with Gasteiger partial charge in [-0.2, -0.15) is 0 Å². The Morgan fingerprint density at radius 2 is 1.92 bits per heavy atom. The first-order chi connectivity index (χ1) is 12.1. The van der Waals surface area contributed by atoms with Gasteiger partial charge in [0.2, 0.25) is 5.91 Å². The fraction of sp³-hybridized carbons (Fsp3) is 0.300. The van der Waals surface area contributed by atoms with Gasteiger partial charge in [-0.15, -0.1) is 0 Å². The quantitative estimate of drug-likeness (QED) is 0.862. The summed E-state index contributed by atoms with van der Waals surface area (Å²) < 4.78 is 0. The van der Waals surface area contributed by atoms with Crippen molar-refractivity contribution in [1.29, 1.82) is 0 Å². The lowest BCUT2D eigenvalue weighted by Gasteiger charge is -2.16. The fourth-order valence-corrected chi connectivity index (χ4v) is 3.23. The molecule has 0 atom stereocenters. The van der Waals surface area contributed by atoms with Gasteiger partial charge in [0.1, 0.15) is 0 Å². The molecule has 4 nitrogen and oxygen atoms in total. The Balaban J connectivity index is 1.55. The van der Waals surface area contributed by atoms with Crippen LogP contribution in [0.2, 0.25) is 5.02 Å². The molecule has 0 aliphatic carbocycles. The molecule has 0 aromatic heterocycles. The van der Waals surface area contributed by atoms with Crippen LogP contribution in [-0.4, -0.2) is 29.8 Å². The van der Waals surface area contributed by atoms with E-state index in [0.29, 0.717) is 30.1 Å². The summed E-state index contributed by atoms with van der Waals surface area (Å²) in [6.07, 6.45) is 2.28. The largest absolute Gasteiger partial charge is 0.352 e. The molecule has 130 valence electrons. The van der Waals surface area contributed by atoms with Crippen molar-refractivity contribution in [2.75, 3.05) is 13.1 Å². The zero-order valence-electron chi connectivity index (χ0n) is 14.0. The van der Waals surface area contributed by atoms with Crippen LogP contribution in [0.25, 0.3) is 0 Å². The third kappa shape index (κ3) is 4.83. The van der Waals surface area contributed by atoms with Crippen LogP contribution in [0.3, 0.4) is 0 Å². The molecule has 5 heteroatoms. The van der Waals surface area contributed by atoms with Gasteiger partial charge in [0, 0.05) is 36.6 Å². The normalized spacial score (nSPS) is 14.0. The average molecular weight is 357 g/mol. The van der Waals surface area contributed by atoms with Crippen molar-refractivity contribution in [2.24, 2.45) is 0 Å². The minimum Gasteiger partial charge on any atom is -0.352 e. The van der Waals surface area contributed by atoms with Gasteiger partial charge in [-0.05, 0) is 48.2 Å². The van der Waals surface area contributed by atoms with E-state index in [9.17, 15) is 9.59 Å². The van der Waals surface area contributed by atoms with Crippen LogP contribution < -0.4 is 5.32 Å². The maximum Gasteiger partial charge on any atom is 0.251 e. The summed E-state index contributed by atoms with van der Waals surface area (Å²) >= 11 is 5.96. The summed E-state index contributed by atoms with van der Waals surface area (Å²) in [5.41, 5.74) is 2.70. The third-order valence-electron chi connectivity index (χ3n) is 4.32. The monoisotopic (exact) mass is 356 g/mol. The summed E-state index contributed by atoms with van der Waals surface area (Å²) in [6, 6.07) is 15.1. The second kappa shape index (κ2) is 8.17. The Kier molecular flexibility index (Phi) is 5.71. The molecule has 1 saturated heterocycles. The van der Waals surface area contributed by atoms with E-state index < -0.39 is 0 Å². The number of rotatable bonds is 6. The number of nitrogens with one attached hydrogen (secondary N) is 1. The topological polar surface area (TPSA) is 49.4 Å². The number of carbonyl (C=O) groups is 2. The Hall–Kier alpha value is -2.33. The van der Waals surface area contributed by atoms with Crippen LogP contribution in [-0.2, 0) is 17.8 Å². The number of carbonyl (C=O) groups excluding carboxylic acids is 2. The molecular weight excluding hydrogens is 336 g/mol. The number of likely N-dealkylation sites (tertiary alicyclic amines) is 1. The molecule has 1 aliphatic rings. The molecule has 1 N–H and O–H groups in total. The lowest BCUT2D eigenvalue weighted by atomic mass is 10.1. The summed E-state index contributed by atoms with van der Waals surface area (Å²) in [6.45, 7) is 1.92. The minimum atomic E-state index is -0.100. The van der Waals surface area contributed by atoms with Crippen molar-refractivity contribution < 1.29 is 9.59 Å². The van der Waals surface area contributed by atoms with Gasteiger partial charge in [-0.3, -0.25) is 9.59 Å². The molecule has 1 aliphatic heterocycles. The number of nitrogens with zero attached hydrogens (tertiary/aromatic N) is 1. The van der Waals surface area contributed by atoms with Gasteiger partial charge in [0.05, 0.1) is 0 Å². The molecular formula is C20H21ClN2O2. The van der Waals surface area contributed by atoms with Crippen molar-refractivity contribution in [3.8, 4) is 0 Å². The number of benzene rings is 2. The zero-order chi connectivity index (χ0) is 17.6. The van der Waals surface area contributed by atoms with Gasteiger partial charge in [0.15, 0.2) is 0 Å². The zero-order valence-corrected chi connectivity index (χ0v) is 14.8. The Morgan fingerprint density at radius 3 is 2.68 bits per heavy atom. The smallest absolute Gasteiger partial charge is 0.251 e. The van der Waals surface area contributed by atoms with Gasteiger partial charge < -0.3 is 10.2 Å². The van der Waals surface area contributed by atoms with Crippen molar-refractivity contribution in [1.82, 2.24) is 10.2 Å². The van der Waals surface area contributed by atoms with Crippen LogP contribution in [0.4, 0.5) is 0 Å². The van der Waals surface area contributed by atoms with Crippen LogP contribution in [0.15, 0.2) is 48.5 Å². The number of hydrogen-bond acceptors (Lipinski definition) is 2. The van der Waals surface area contributed by atoms with Crippen molar-refractivity contribution >= 4 is 23.4 Å². The molecule has 2 amide bonds. The first kappa shape index (κ1) is 17.5. The molecule has 0 spiro atoms. The predicted octanol–water partition coefficient (Wildman–Crippen LogP) is 3.43. The molecule has 0 radical (unpaired) electrons. The molecule has 3 rings (SSSR count). The molecule has 0 unspecified atom stereocenters. The molecule has 0 saturated carbocycles. The predicted molar refractivity (Wildman–Crippen MR) is 98.6 cm³/mol. The van der Waals surface area contributed by atoms with Gasteiger partial charge >= 0.3 is 0 Å². The van der Waals surface area contributed by atoms with Crippen LogP contribution in [0.1, 0.15) is 34.3 Å². The fourth-order valence-electron chi connectivity index (χ4n) is 3.02. The molecule has 2 aromatic carbocycles. The lowest BCUT2D eigenvalue weighted by Crippen LogP contribution is -2.26. The van der Waals surface area contributed by atoms with Gasteiger partial charge in [-0.1, -0.05) is 35.9 Å². The third-order valence-corrected chi connectivity index (χ3v) is 4.56. The summed E-state index contributed by atoms with van der Waals surface area (Å²) in [5.74, 6) is 0.0907. The Labute approximate surface area is 152 Å². The van der Waals surface area contributed by atoms with E-state index in [1.807, 2.05) is 47.4 Å². The number of amides is 2. The highest BCUT2D eigenvalue weighted by Crippen LogP contribution is 2.15. The summed E-state index contributed by atoms with van der Waals surface area (Å²) in [7, 11) is 0. The van der Waals surface area contributed by atoms with Crippen LogP contribution in [0, 0.1) is 0 Å². The summed E-state index contributed by atoms with van der Waals surface area (Å²) in [4.78, 5) is 25.9. The standard InChI is InChI=1S/C20H21ClN2O2/c21-18-7-2-4-15(13-18)9-10-22-20(25)17-6-1-5-16(12-17)14-23-11-3-8-19(23)24/h1-2,4-7,12-13H,3,8-11,14H2,(H,22,25). The molecule has 25 heavy (non-hydrogen) atoms. The highest BCUT2D eigenvalue weighted by molar-refractivity contribution is 6.30. The maximum atomic E-state index is 12.3. The number of halogens is 1. The Morgan fingerprint density at radius 1 is 1.12 bits per heavy atom. The number of hydrogen-bond donors (Lipinski definition) is 1. The van der Waals surface area contributed by atoms with E-state index in [4.69, 9.17) is 11.6 Å². The highest BCUT2D eigenvalue weighted by atomic mass is 35.5. The first-order valence-corrected chi connectivity index (χ1v) is 8.89. The van der Waals surface area contributed by atoms with E-state index in [2.05, 4.69) is 5.32 Å². The van der Waals surface area contributed by atoms with Gasteiger partial charge in [0.25, 0.3) is 5.91 Å². The van der Waals surface area contributed by atoms with Crippen LogP contribution in [0.5, 0.6) is 0 Å². The lowest BCUT2D eigenvalue weighted by molar-refractivity contribution is -0.128. The van der Waals surface area contributed by atoms with Crippen molar-refractivity contribution in [3.05, 3.63) is 70.2 Å². The van der Waals surface area contributed by atoms with E-state index in [-0.39, 0.29) is 11.8 Å². The molecule has 1 heterocycles. The first-order valence-electron chi connectivity index (χ1n) is 8.51. The van der Waals surface area contributed by atoms with E-state index in [0.717, 1.165) is 30.5 Å². The Bertz CT molecular complexity index is 776. The van der Waals surface area contributed by atoms with Crippen LogP contribution >= 0.6 is 11.6 Å². The maximum absolute atomic E-state index is 12.3. The van der Waals surface area contributed by atoms with Crippen molar-refractivity contribution in [2.45, 2.75) is 25.8 Å². The van der Waals surface area contributed by atoms with Gasteiger partial charge in [-0.25, -0.2) is 0 Å². The molecule has 0 bridgehead atoms. The van der Waals surface area contributed by atoms with Crippen molar-refractivity contribution in [3.63, 3.8) is 0 Å². The SMILES string of the molecule is O=C(NCCc1cccc(Cl)c1)c1cccc(CN2CCCC2=O)c1. The molecule has 2 aromatic rings.